The fraction of sp³-hybridized carbons (Fsp3) is 0.571. The van der Waals surface area contributed by atoms with Crippen molar-refractivity contribution in [3.05, 3.63) is 53.9 Å². The maximum Gasteiger partial charge on any atom is 0.270 e. The van der Waals surface area contributed by atoms with Crippen molar-refractivity contribution in [1.29, 1.82) is 0 Å². The van der Waals surface area contributed by atoms with E-state index >= 15 is 0 Å². The molecule has 2 nitrogen and oxygen atoms in total. The molecule has 2 rings (SSSR count). The van der Waals surface area contributed by atoms with E-state index in [1.54, 1.807) is 11.8 Å². The standard InChI is InChI=1S/C28H42FNOS/c1-9-21(6)18-28(11-3)14-15-30(19-28)24-12-13-27(31-23(8)29)26(17-24)22(7)32-25(10-2)16-20(4)5/h12-13,16-17,20-21H,7-11,14-15,18-19H2,1-6H3/b25-16-. The van der Waals surface area contributed by atoms with E-state index < -0.39 is 6.01 Å². The average Bonchev–Trinajstić information content (AvgIpc) is 3.17. The second-order valence-electron chi connectivity index (χ2n) is 9.64. The molecule has 1 heterocycles. The van der Waals surface area contributed by atoms with Crippen LogP contribution in [0.25, 0.3) is 4.91 Å². The summed E-state index contributed by atoms with van der Waals surface area (Å²) < 4.78 is 18.9. The highest BCUT2D eigenvalue weighted by atomic mass is 32.2. The van der Waals surface area contributed by atoms with Crippen LogP contribution in [0.1, 0.15) is 79.2 Å². The third-order valence-electron chi connectivity index (χ3n) is 6.64. The van der Waals surface area contributed by atoms with E-state index in [0.29, 0.717) is 17.1 Å². The fourth-order valence-electron chi connectivity index (χ4n) is 4.59. The third kappa shape index (κ3) is 7.16. The lowest BCUT2D eigenvalue weighted by Gasteiger charge is -2.31. The lowest BCUT2D eigenvalue weighted by atomic mass is 9.76. The summed E-state index contributed by atoms with van der Waals surface area (Å²) in [5.74, 6) is 1.68. The Morgan fingerprint density at radius 3 is 2.53 bits per heavy atom. The molecule has 1 fully saturated rings. The summed E-state index contributed by atoms with van der Waals surface area (Å²) in [7, 11) is 0. The van der Waals surface area contributed by atoms with Crippen molar-refractivity contribution < 1.29 is 9.13 Å². The number of rotatable bonds is 12. The monoisotopic (exact) mass is 459 g/mol. The summed E-state index contributed by atoms with van der Waals surface area (Å²) in [6, 6.07) is 5.22. The molecular weight excluding hydrogens is 417 g/mol. The Morgan fingerprint density at radius 1 is 1.25 bits per heavy atom. The maximum absolute atomic E-state index is 13.6. The van der Waals surface area contributed by atoms with Gasteiger partial charge in [0.05, 0.1) is 0 Å². The third-order valence-corrected chi connectivity index (χ3v) is 7.79. The number of ether oxygens (including phenoxy) is 1. The second-order valence-corrected chi connectivity index (χ2v) is 10.9. The SMILES string of the molecule is C=C(F)Oc1ccc(N2CCC(CC)(CC(C)CC)C2)cc1C(=C)S/C(=C\C(C)C)CC. The van der Waals surface area contributed by atoms with Gasteiger partial charge in [-0.05, 0) is 72.6 Å². The fourth-order valence-corrected chi connectivity index (χ4v) is 5.66. The molecule has 0 amide bonds. The van der Waals surface area contributed by atoms with Gasteiger partial charge in [0.2, 0.25) is 0 Å². The van der Waals surface area contributed by atoms with Gasteiger partial charge in [-0.15, -0.1) is 0 Å². The van der Waals surface area contributed by atoms with Crippen molar-refractivity contribution in [2.24, 2.45) is 17.3 Å². The number of thioether (sulfide) groups is 1. The van der Waals surface area contributed by atoms with E-state index in [2.05, 4.69) is 71.7 Å². The first-order valence-electron chi connectivity index (χ1n) is 12.1. The zero-order valence-electron chi connectivity index (χ0n) is 21.0. The van der Waals surface area contributed by atoms with E-state index in [4.69, 9.17) is 4.74 Å². The molecule has 1 aliphatic rings. The molecule has 0 bridgehead atoms. The Kier molecular flexibility index (Phi) is 9.94. The van der Waals surface area contributed by atoms with Crippen molar-refractivity contribution in [3.63, 3.8) is 0 Å². The van der Waals surface area contributed by atoms with Crippen molar-refractivity contribution in [1.82, 2.24) is 0 Å². The normalized spacial score (nSPS) is 20.0. The smallest absolute Gasteiger partial charge is 0.270 e. The molecule has 1 aromatic carbocycles. The number of anilines is 1. The molecule has 0 aromatic heterocycles. The van der Waals surface area contributed by atoms with Crippen LogP contribution in [0.4, 0.5) is 10.1 Å². The van der Waals surface area contributed by atoms with E-state index in [9.17, 15) is 4.39 Å². The zero-order valence-corrected chi connectivity index (χ0v) is 21.8. The van der Waals surface area contributed by atoms with Crippen LogP contribution in [-0.4, -0.2) is 13.1 Å². The predicted molar refractivity (Wildman–Crippen MR) is 141 cm³/mol. The van der Waals surface area contributed by atoms with Crippen molar-refractivity contribution in [2.75, 3.05) is 18.0 Å². The van der Waals surface area contributed by atoms with Gasteiger partial charge in [0.25, 0.3) is 6.01 Å². The van der Waals surface area contributed by atoms with Gasteiger partial charge in [0.1, 0.15) is 5.75 Å². The van der Waals surface area contributed by atoms with Gasteiger partial charge in [-0.2, -0.15) is 4.39 Å². The Hall–Kier alpha value is -1.68. The second kappa shape index (κ2) is 12.0. The first-order chi connectivity index (χ1) is 15.1. The van der Waals surface area contributed by atoms with Crippen molar-refractivity contribution >= 4 is 22.4 Å². The summed E-state index contributed by atoms with van der Waals surface area (Å²) in [6.45, 7) is 23.2. The van der Waals surface area contributed by atoms with Gasteiger partial charge in [-0.3, -0.25) is 0 Å². The van der Waals surface area contributed by atoms with E-state index in [1.807, 2.05) is 12.1 Å². The molecule has 0 spiro atoms. The lowest BCUT2D eigenvalue weighted by Crippen LogP contribution is -2.28. The summed E-state index contributed by atoms with van der Waals surface area (Å²) in [6.07, 6.45) is 8.12. The highest BCUT2D eigenvalue weighted by Gasteiger charge is 2.37. The maximum atomic E-state index is 13.6. The molecule has 1 aliphatic heterocycles. The summed E-state index contributed by atoms with van der Waals surface area (Å²) in [5.41, 5.74) is 2.37. The van der Waals surface area contributed by atoms with Gasteiger partial charge >= 0.3 is 0 Å². The molecule has 2 unspecified atom stereocenters. The summed E-state index contributed by atoms with van der Waals surface area (Å²) in [4.78, 5) is 4.61. The van der Waals surface area contributed by atoms with Crippen LogP contribution >= 0.6 is 11.8 Å². The zero-order chi connectivity index (χ0) is 23.9. The van der Waals surface area contributed by atoms with Crippen LogP contribution in [0.3, 0.4) is 0 Å². The molecule has 1 saturated heterocycles. The highest BCUT2D eigenvalue weighted by Crippen LogP contribution is 2.44. The number of hydrogen-bond donors (Lipinski definition) is 0. The van der Waals surface area contributed by atoms with Crippen LogP contribution in [0.15, 0.2) is 48.4 Å². The Labute approximate surface area is 200 Å². The quantitative estimate of drug-likeness (QED) is 0.289. The summed E-state index contributed by atoms with van der Waals surface area (Å²) >= 11 is 1.65. The minimum absolute atomic E-state index is 0.374. The molecule has 0 saturated carbocycles. The van der Waals surface area contributed by atoms with E-state index in [0.717, 1.165) is 41.6 Å². The van der Waals surface area contributed by atoms with Gasteiger partial charge in [0, 0.05) is 29.2 Å². The van der Waals surface area contributed by atoms with E-state index in [1.165, 1.54) is 30.6 Å². The van der Waals surface area contributed by atoms with Gasteiger partial charge < -0.3 is 9.64 Å². The minimum atomic E-state index is -0.801. The minimum Gasteiger partial charge on any atom is -0.431 e. The number of benzene rings is 1. The van der Waals surface area contributed by atoms with Crippen LogP contribution < -0.4 is 9.64 Å². The number of halogens is 1. The molecule has 4 heteroatoms. The van der Waals surface area contributed by atoms with Gasteiger partial charge in [-0.1, -0.05) is 72.4 Å². The molecule has 178 valence electrons. The highest BCUT2D eigenvalue weighted by molar-refractivity contribution is 8.11. The largest absolute Gasteiger partial charge is 0.431 e. The van der Waals surface area contributed by atoms with Crippen molar-refractivity contribution in [2.45, 2.75) is 73.6 Å². The lowest BCUT2D eigenvalue weighted by molar-refractivity contribution is 0.237. The predicted octanol–water partition coefficient (Wildman–Crippen LogP) is 9.20. The van der Waals surface area contributed by atoms with Crippen molar-refractivity contribution in [3.8, 4) is 5.75 Å². The van der Waals surface area contributed by atoms with Gasteiger partial charge in [0.15, 0.2) is 0 Å². The number of nitrogens with zero attached hydrogens (tertiary/aromatic N) is 1. The number of allylic oxidation sites excluding steroid dienone is 2. The molecule has 0 radical (unpaired) electrons. The Balaban J connectivity index is 2.33. The Morgan fingerprint density at radius 2 is 1.97 bits per heavy atom. The van der Waals surface area contributed by atoms with Crippen LogP contribution in [0.2, 0.25) is 0 Å². The van der Waals surface area contributed by atoms with Crippen LogP contribution in [-0.2, 0) is 0 Å². The van der Waals surface area contributed by atoms with Gasteiger partial charge in [-0.25, -0.2) is 0 Å². The Bertz CT molecular complexity index is 831. The average molecular weight is 460 g/mol. The molecular formula is C28H42FNOS. The van der Waals surface area contributed by atoms with Crippen LogP contribution in [0, 0.1) is 17.3 Å². The molecule has 2 atom stereocenters. The van der Waals surface area contributed by atoms with Crippen LogP contribution in [0.5, 0.6) is 5.75 Å². The molecule has 1 aromatic rings. The van der Waals surface area contributed by atoms with E-state index in [-0.39, 0.29) is 0 Å². The first kappa shape index (κ1) is 26.6. The topological polar surface area (TPSA) is 12.5 Å². The first-order valence-corrected chi connectivity index (χ1v) is 12.9. The summed E-state index contributed by atoms with van der Waals surface area (Å²) in [5, 5.41) is 0. The molecule has 32 heavy (non-hydrogen) atoms. The number of hydrogen-bond acceptors (Lipinski definition) is 3. The molecule has 0 aliphatic carbocycles. The molecule has 0 N–H and O–H groups in total.